The van der Waals surface area contributed by atoms with E-state index < -0.39 is 0 Å². The Labute approximate surface area is 181 Å². The van der Waals surface area contributed by atoms with Gasteiger partial charge in [0, 0.05) is 47.9 Å². The molecular weight excluding hydrogens is 396 g/mol. The highest BCUT2D eigenvalue weighted by Gasteiger charge is 2.07. The average molecular weight is 422 g/mol. The van der Waals surface area contributed by atoms with Crippen molar-refractivity contribution in [3.63, 3.8) is 0 Å². The summed E-state index contributed by atoms with van der Waals surface area (Å²) in [4.78, 5) is 21.1. The zero-order valence-corrected chi connectivity index (χ0v) is 17.9. The molecule has 0 radical (unpaired) electrons. The maximum Gasteiger partial charge on any atom is 0.323 e. The Morgan fingerprint density at radius 1 is 0.839 bits per heavy atom. The van der Waals surface area contributed by atoms with Crippen LogP contribution in [0.1, 0.15) is 12.7 Å². The second-order valence-corrected chi connectivity index (χ2v) is 6.60. The van der Waals surface area contributed by atoms with Gasteiger partial charge in [-0.15, -0.1) is 0 Å². The lowest BCUT2D eigenvalue weighted by Gasteiger charge is -2.12. The zero-order chi connectivity index (χ0) is 22.2. The van der Waals surface area contributed by atoms with Gasteiger partial charge in [0.05, 0.1) is 14.2 Å². The molecule has 0 aliphatic carbocycles. The molecule has 0 atom stereocenters. The van der Waals surface area contributed by atoms with Crippen molar-refractivity contribution >= 4 is 34.7 Å². The number of rotatable bonds is 8. The molecule has 1 heterocycles. The second kappa shape index (κ2) is 10.1. The van der Waals surface area contributed by atoms with E-state index in [1.807, 2.05) is 32.0 Å². The number of nitrogens with one attached hydrogen (secondary N) is 4. The Kier molecular flexibility index (Phi) is 7.10. The van der Waals surface area contributed by atoms with Crippen LogP contribution in [0.25, 0.3) is 0 Å². The predicted molar refractivity (Wildman–Crippen MR) is 123 cm³/mol. The van der Waals surface area contributed by atoms with Gasteiger partial charge in [0.1, 0.15) is 29.0 Å². The molecule has 0 bridgehead atoms. The number of aromatic nitrogens is 2. The molecule has 9 heteroatoms. The van der Waals surface area contributed by atoms with Gasteiger partial charge in [-0.1, -0.05) is 0 Å². The van der Waals surface area contributed by atoms with E-state index >= 15 is 0 Å². The first-order chi connectivity index (χ1) is 15.0. The molecule has 1 aromatic heterocycles. The number of nitrogens with zero attached hydrogens (tertiary/aromatic N) is 2. The highest BCUT2D eigenvalue weighted by atomic mass is 16.5. The number of ether oxygens (including phenoxy) is 2. The number of carbonyl (C=O) groups is 1. The van der Waals surface area contributed by atoms with Gasteiger partial charge in [0.25, 0.3) is 0 Å². The monoisotopic (exact) mass is 422 g/mol. The van der Waals surface area contributed by atoms with E-state index in [0.29, 0.717) is 34.5 Å². The van der Waals surface area contributed by atoms with Crippen LogP contribution in [0.3, 0.4) is 0 Å². The Hall–Kier alpha value is -4.01. The van der Waals surface area contributed by atoms with E-state index in [1.165, 1.54) is 0 Å². The molecule has 3 rings (SSSR count). The van der Waals surface area contributed by atoms with Gasteiger partial charge in [-0.25, -0.2) is 14.8 Å². The first-order valence-electron chi connectivity index (χ1n) is 9.76. The van der Waals surface area contributed by atoms with Crippen molar-refractivity contribution in [2.24, 2.45) is 0 Å². The smallest absolute Gasteiger partial charge is 0.323 e. The van der Waals surface area contributed by atoms with Gasteiger partial charge < -0.3 is 30.7 Å². The molecule has 0 spiro atoms. The Morgan fingerprint density at radius 2 is 1.42 bits per heavy atom. The molecule has 0 unspecified atom stereocenters. The van der Waals surface area contributed by atoms with E-state index in [-0.39, 0.29) is 6.03 Å². The molecule has 0 fully saturated rings. The fourth-order valence-electron chi connectivity index (χ4n) is 2.86. The predicted octanol–water partition coefficient (Wildman–Crippen LogP) is 4.62. The minimum Gasteiger partial charge on any atom is -0.497 e. The largest absolute Gasteiger partial charge is 0.497 e. The Balaban J connectivity index is 1.62. The lowest BCUT2D eigenvalue weighted by Crippen LogP contribution is -2.19. The van der Waals surface area contributed by atoms with Crippen molar-refractivity contribution in [2.45, 2.75) is 13.8 Å². The van der Waals surface area contributed by atoms with Crippen molar-refractivity contribution in [3.8, 4) is 11.5 Å². The van der Waals surface area contributed by atoms with E-state index in [1.54, 1.807) is 44.6 Å². The van der Waals surface area contributed by atoms with Crippen LogP contribution in [0, 0.1) is 6.92 Å². The Morgan fingerprint density at radius 3 is 2.03 bits per heavy atom. The van der Waals surface area contributed by atoms with Gasteiger partial charge in [0.15, 0.2) is 0 Å². The minimum absolute atomic E-state index is 0.377. The van der Waals surface area contributed by atoms with Gasteiger partial charge in [-0.2, -0.15) is 0 Å². The molecule has 4 N–H and O–H groups in total. The van der Waals surface area contributed by atoms with Crippen molar-refractivity contribution < 1.29 is 14.3 Å². The third kappa shape index (κ3) is 6.23. The number of amides is 2. The fourth-order valence-corrected chi connectivity index (χ4v) is 2.86. The summed E-state index contributed by atoms with van der Waals surface area (Å²) in [7, 11) is 3.11. The van der Waals surface area contributed by atoms with Crippen LogP contribution in [0.15, 0.2) is 48.5 Å². The van der Waals surface area contributed by atoms with Crippen LogP contribution >= 0.6 is 0 Å². The molecule has 0 saturated carbocycles. The van der Waals surface area contributed by atoms with E-state index in [9.17, 15) is 4.79 Å². The number of benzene rings is 2. The summed E-state index contributed by atoms with van der Waals surface area (Å²) in [6, 6.07) is 13.9. The van der Waals surface area contributed by atoms with Gasteiger partial charge in [-0.3, -0.25) is 0 Å². The van der Waals surface area contributed by atoms with Crippen molar-refractivity contribution in [1.29, 1.82) is 0 Å². The number of hydrogen-bond acceptors (Lipinski definition) is 7. The van der Waals surface area contributed by atoms with Crippen LogP contribution in [0.4, 0.5) is 33.5 Å². The molecule has 0 saturated heterocycles. The van der Waals surface area contributed by atoms with Gasteiger partial charge in [0.2, 0.25) is 0 Å². The number of hydrogen-bond donors (Lipinski definition) is 4. The van der Waals surface area contributed by atoms with Crippen molar-refractivity contribution in [3.05, 3.63) is 54.4 Å². The fraction of sp³-hybridized carbons (Fsp3) is 0.227. The molecule has 162 valence electrons. The minimum atomic E-state index is -0.377. The lowest BCUT2D eigenvalue weighted by molar-refractivity contribution is 0.262. The number of methoxy groups -OCH3 is 2. The molecule has 0 aliphatic heterocycles. The second-order valence-electron chi connectivity index (χ2n) is 6.60. The standard InChI is InChI=1S/C22H26N6O3/c1-5-23-20-13-21(25-14(2)24-20)26-15-6-8-16(9-7-15)27-22(29)28-17-10-18(30-3)12-19(11-17)31-4/h6-13H,5H2,1-4H3,(H2,27,28,29)(H2,23,24,25,26). The lowest BCUT2D eigenvalue weighted by atomic mass is 10.2. The number of carbonyl (C=O) groups excluding carboxylic acids is 1. The van der Waals surface area contributed by atoms with Gasteiger partial charge >= 0.3 is 6.03 Å². The van der Waals surface area contributed by atoms with Crippen LogP contribution in [-0.2, 0) is 0 Å². The van der Waals surface area contributed by atoms with Crippen LogP contribution < -0.4 is 30.7 Å². The first-order valence-corrected chi connectivity index (χ1v) is 9.76. The number of anilines is 5. The normalized spacial score (nSPS) is 10.2. The maximum absolute atomic E-state index is 12.4. The van der Waals surface area contributed by atoms with Crippen LogP contribution in [0.5, 0.6) is 11.5 Å². The molecule has 2 amide bonds. The quantitative estimate of drug-likeness (QED) is 0.419. The van der Waals surface area contributed by atoms with E-state index in [0.717, 1.165) is 18.1 Å². The molecule has 2 aromatic carbocycles. The van der Waals surface area contributed by atoms with Crippen LogP contribution in [0.2, 0.25) is 0 Å². The summed E-state index contributed by atoms with van der Waals surface area (Å²) in [5, 5.41) is 12.0. The topological polar surface area (TPSA) is 109 Å². The SMILES string of the molecule is CCNc1cc(Nc2ccc(NC(=O)Nc3cc(OC)cc(OC)c3)cc2)nc(C)n1. The summed E-state index contributed by atoms with van der Waals surface area (Å²) < 4.78 is 10.4. The van der Waals surface area contributed by atoms with Crippen LogP contribution in [-0.4, -0.2) is 36.8 Å². The van der Waals surface area contributed by atoms with E-state index in [2.05, 4.69) is 31.2 Å². The maximum atomic E-state index is 12.4. The number of aryl methyl sites for hydroxylation is 1. The summed E-state index contributed by atoms with van der Waals surface area (Å²) in [6.07, 6.45) is 0. The zero-order valence-electron chi connectivity index (χ0n) is 17.9. The molecule has 31 heavy (non-hydrogen) atoms. The third-order valence-electron chi connectivity index (χ3n) is 4.22. The van der Waals surface area contributed by atoms with E-state index in [4.69, 9.17) is 9.47 Å². The highest BCUT2D eigenvalue weighted by Crippen LogP contribution is 2.26. The summed E-state index contributed by atoms with van der Waals surface area (Å²) in [5.74, 6) is 3.30. The molecular formula is C22H26N6O3. The summed E-state index contributed by atoms with van der Waals surface area (Å²) in [6.45, 7) is 4.63. The summed E-state index contributed by atoms with van der Waals surface area (Å²) in [5.41, 5.74) is 2.04. The molecule has 9 nitrogen and oxygen atoms in total. The van der Waals surface area contributed by atoms with Gasteiger partial charge in [-0.05, 0) is 38.1 Å². The molecule has 0 aliphatic rings. The number of urea groups is 1. The molecule has 3 aromatic rings. The first kappa shape index (κ1) is 21.7. The summed E-state index contributed by atoms with van der Waals surface area (Å²) >= 11 is 0. The highest BCUT2D eigenvalue weighted by molar-refractivity contribution is 6.00. The third-order valence-corrected chi connectivity index (χ3v) is 4.22. The van der Waals surface area contributed by atoms with Crippen molar-refractivity contribution in [1.82, 2.24) is 9.97 Å². The van der Waals surface area contributed by atoms with Crippen molar-refractivity contribution in [2.75, 3.05) is 42.0 Å². The Bertz CT molecular complexity index is 1020. The average Bonchev–Trinajstić information content (AvgIpc) is 2.74.